The number of hydrogen-bond acceptors (Lipinski definition) is 2. The van der Waals surface area contributed by atoms with Gasteiger partial charge in [0.2, 0.25) is 0 Å². The number of rotatable bonds is 3. The van der Waals surface area contributed by atoms with Crippen LogP contribution in [0, 0.1) is 17.8 Å². The molecule has 2 rings (SSSR count). The summed E-state index contributed by atoms with van der Waals surface area (Å²) < 4.78 is 5.50. The first-order valence-corrected chi connectivity index (χ1v) is 5.99. The van der Waals surface area contributed by atoms with E-state index in [1.54, 1.807) is 7.11 Å². The Morgan fingerprint density at radius 3 is 2.40 bits per heavy atom. The van der Waals surface area contributed by atoms with Crippen molar-refractivity contribution in [3.8, 4) is 0 Å². The van der Waals surface area contributed by atoms with Crippen LogP contribution in [0.25, 0.3) is 0 Å². The Morgan fingerprint density at radius 2 is 1.87 bits per heavy atom. The Hall–Kier alpha value is -0.570. The van der Waals surface area contributed by atoms with Crippen molar-refractivity contribution >= 4 is 5.97 Å². The van der Waals surface area contributed by atoms with E-state index in [4.69, 9.17) is 9.84 Å². The number of hydrogen-bond donors (Lipinski definition) is 1. The van der Waals surface area contributed by atoms with Gasteiger partial charge in [-0.25, -0.2) is 0 Å². The zero-order valence-electron chi connectivity index (χ0n) is 9.32. The summed E-state index contributed by atoms with van der Waals surface area (Å²) in [4.78, 5) is 11.0. The molecule has 2 fully saturated rings. The maximum Gasteiger partial charge on any atom is 0.306 e. The largest absolute Gasteiger partial charge is 0.481 e. The molecule has 4 atom stereocenters. The van der Waals surface area contributed by atoms with Crippen molar-refractivity contribution in [2.75, 3.05) is 7.11 Å². The number of methoxy groups -OCH3 is 1. The van der Waals surface area contributed by atoms with Gasteiger partial charge in [0.15, 0.2) is 0 Å². The highest BCUT2D eigenvalue weighted by molar-refractivity contribution is 5.71. The predicted octanol–water partition coefficient (Wildman–Crippen LogP) is 2.30. The molecule has 0 amide bonds. The monoisotopic (exact) mass is 212 g/mol. The van der Waals surface area contributed by atoms with Gasteiger partial charge in [-0.1, -0.05) is 12.8 Å². The van der Waals surface area contributed by atoms with Gasteiger partial charge in [-0.15, -0.1) is 0 Å². The van der Waals surface area contributed by atoms with Crippen LogP contribution in [0.4, 0.5) is 0 Å². The van der Waals surface area contributed by atoms with Crippen LogP contribution in [0.15, 0.2) is 0 Å². The quantitative estimate of drug-likeness (QED) is 0.780. The number of aliphatic carboxylic acids is 1. The zero-order chi connectivity index (χ0) is 10.8. The SMILES string of the molecule is COC1CCCCC1C1CCC1C(=O)O. The molecule has 0 radical (unpaired) electrons. The summed E-state index contributed by atoms with van der Waals surface area (Å²) in [6.07, 6.45) is 7.02. The molecule has 86 valence electrons. The lowest BCUT2D eigenvalue weighted by molar-refractivity contribution is -0.152. The van der Waals surface area contributed by atoms with Gasteiger partial charge in [-0.3, -0.25) is 4.79 Å². The van der Waals surface area contributed by atoms with Gasteiger partial charge in [0.25, 0.3) is 0 Å². The molecular formula is C12H20O3. The predicted molar refractivity (Wildman–Crippen MR) is 56.6 cm³/mol. The first-order valence-electron chi connectivity index (χ1n) is 5.99. The van der Waals surface area contributed by atoms with E-state index in [2.05, 4.69) is 0 Å². The number of carboxylic acid groups (broad SMARTS) is 1. The topological polar surface area (TPSA) is 46.5 Å². The Labute approximate surface area is 90.8 Å². The summed E-state index contributed by atoms with van der Waals surface area (Å²) in [7, 11) is 1.76. The van der Waals surface area contributed by atoms with Gasteiger partial charge in [0.1, 0.15) is 0 Å². The van der Waals surface area contributed by atoms with Crippen LogP contribution in [0.1, 0.15) is 38.5 Å². The first kappa shape index (κ1) is 10.9. The van der Waals surface area contributed by atoms with Gasteiger partial charge < -0.3 is 9.84 Å². The number of carbonyl (C=O) groups is 1. The Morgan fingerprint density at radius 1 is 1.13 bits per heavy atom. The maximum absolute atomic E-state index is 11.0. The highest BCUT2D eigenvalue weighted by Crippen LogP contribution is 2.46. The second kappa shape index (κ2) is 4.52. The lowest BCUT2D eigenvalue weighted by Gasteiger charge is -2.44. The lowest BCUT2D eigenvalue weighted by Crippen LogP contribution is -2.44. The molecule has 1 N–H and O–H groups in total. The van der Waals surface area contributed by atoms with Crippen LogP contribution in [-0.4, -0.2) is 24.3 Å². The molecule has 3 nitrogen and oxygen atoms in total. The molecular weight excluding hydrogens is 192 g/mol. The van der Waals surface area contributed by atoms with E-state index in [1.165, 1.54) is 12.8 Å². The van der Waals surface area contributed by atoms with Crippen molar-refractivity contribution < 1.29 is 14.6 Å². The molecule has 0 aromatic carbocycles. The fraction of sp³-hybridized carbons (Fsp3) is 0.917. The second-order valence-corrected chi connectivity index (χ2v) is 4.91. The van der Waals surface area contributed by atoms with Crippen molar-refractivity contribution in [3.05, 3.63) is 0 Å². The van der Waals surface area contributed by atoms with Gasteiger partial charge in [0.05, 0.1) is 12.0 Å². The zero-order valence-corrected chi connectivity index (χ0v) is 9.32. The summed E-state index contributed by atoms with van der Waals surface area (Å²) in [5.74, 6) is 0.184. The summed E-state index contributed by atoms with van der Waals surface area (Å²) in [6, 6.07) is 0. The molecule has 0 saturated heterocycles. The van der Waals surface area contributed by atoms with Gasteiger partial charge in [0, 0.05) is 7.11 Å². The number of carboxylic acids is 1. The summed E-state index contributed by atoms with van der Waals surface area (Å²) in [5.41, 5.74) is 0. The van der Waals surface area contributed by atoms with E-state index >= 15 is 0 Å². The van der Waals surface area contributed by atoms with Crippen LogP contribution in [0.2, 0.25) is 0 Å². The van der Waals surface area contributed by atoms with Gasteiger partial charge >= 0.3 is 5.97 Å². The lowest BCUT2D eigenvalue weighted by atomic mass is 9.62. The minimum absolute atomic E-state index is 0.0919. The van der Waals surface area contributed by atoms with Crippen LogP contribution in [0.3, 0.4) is 0 Å². The summed E-state index contributed by atoms with van der Waals surface area (Å²) in [6.45, 7) is 0. The van der Waals surface area contributed by atoms with E-state index in [-0.39, 0.29) is 5.92 Å². The minimum Gasteiger partial charge on any atom is -0.481 e. The van der Waals surface area contributed by atoms with E-state index < -0.39 is 5.97 Å². The molecule has 15 heavy (non-hydrogen) atoms. The van der Waals surface area contributed by atoms with E-state index in [1.807, 2.05) is 0 Å². The summed E-state index contributed by atoms with van der Waals surface area (Å²) in [5, 5.41) is 9.05. The van der Waals surface area contributed by atoms with Crippen molar-refractivity contribution in [1.29, 1.82) is 0 Å². The van der Waals surface area contributed by atoms with Crippen LogP contribution < -0.4 is 0 Å². The Balaban J connectivity index is 1.98. The summed E-state index contributed by atoms with van der Waals surface area (Å²) >= 11 is 0. The van der Waals surface area contributed by atoms with Crippen molar-refractivity contribution in [2.45, 2.75) is 44.6 Å². The molecule has 2 aliphatic carbocycles. The maximum atomic E-state index is 11.0. The smallest absolute Gasteiger partial charge is 0.306 e. The van der Waals surface area contributed by atoms with E-state index in [0.29, 0.717) is 17.9 Å². The molecule has 0 aliphatic heterocycles. The third-order valence-electron chi connectivity index (χ3n) is 4.25. The Bertz CT molecular complexity index is 239. The molecule has 4 unspecified atom stereocenters. The molecule has 0 aromatic rings. The standard InChI is InChI=1S/C12H20O3/c1-15-11-5-3-2-4-9(11)8-6-7-10(8)12(13)14/h8-11H,2-7H2,1H3,(H,13,14). The van der Waals surface area contributed by atoms with E-state index in [0.717, 1.165) is 25.7 Å². The fourth-order valence-electron chi connectivity index (χ4n) is 3.25. The van der Waals surface area contributed by atoms with Gasteiger partial charge in [-0.2, -0.15) is 0 Å². The van der Waals surface area contributed by atoms with Crippen LogP contribution in [-0.2, 0) is 9.53 Å². The highest BCUT2D eigenvalue weighted by Gasteiger charge is 2.44. The first-order chi connectivity index (χ1) is 7.24. The Kier molecular flexibility index (Phi) is 3.29. The molecule has 0 spiro atoms. The average Bonchev–Trinajstić information content (AvgIpc) is 2.16. The average molecular weight is 212 g/mol. The normalized spacial score (nSPS) is 40.9. The molecule has 2 aliphatic rings. The third kappa shape index (κ3) is 2.03. The molecule has 0 bridgehead atoms. The van der Waals surface area contributed by atoms with Crippen molar-refractivity contribution in [1.82, 2.24) is 0 Å². The van der Waals surface area contributed by atoms with Gasteiger partial charge in [-0.05, 0) is 37.5 Å². The minimum atomic E-state index is -0.605. The van der Waals surface area contributed by atoms with Crippen LogP contribution >= 0.6 is 0 Å². The third-order valence-corrected chi connectivity index (χ3v) is 4.25. The molecule has 0 aromatic heterocycles. The molecule has 3 heteroatoms. The highest BCUT2D eigenvalue weighted by atomic mass is 16.5. The molecule has 2 saturated carbocycles. The number of ether oxygens (including phenoxy) is 1. The second-order valence-electron chi connectivity index (χ2n) is 4.91. The van der Waals surface area contributed by atoms with Crippen molar-refractivity contribution in [2.24, 2.45) is 17.8 Å². The fourth-order valence-corrected chi connectivity index (χ4v) is 3.25. The van der Waals surface area contributed by atoms with E-state index in [9.17, 15) is 4.79 Å². The van der Waals surface area contributed by atoms with Crippen LogP contribution in [0.5, 0.6) is 0 Å². The molecule has 0 heterocycles. The van der Waals surface area contributed by atoms with Crippen molar-refractivity contribution in [3.63, 3.8) is 0 Å².